The van der Waals surface area contributed by atoms with Gasteiger partial charge in [-0.15, -0.1) is 0 Å². The number of amides is 1. The van der Waals surface area contributed by atoms with Crippen molar-refractivity contribution in [3.8, 4) is 0 Å². The number of halogens is 2. The Morgan fingerprint density at radius 2 is 2.09 bits per heavy atom. The molecular weight excluding hydrogens is 305 g/mol. The van der Waals surface area contributed by atoms with E-state index in [-0.39, 0.29) is 18.0 Å². The van der Waals surface area contributed by atoms with Crippen molar-refractivity contribution in [3.05, 3.63) is 64.6 Å². The van der Waals surface area contributed by atoms with E-state index in [0.717, 1.165) is 10.9 Å². The maximum Gasteiger partial charge on any atom is 0.229 e. The quantitative estimate of drug-likeness (QED) is 0.759. The van der Waals surface area contributed by atoms with E-state index in [4.69, 9.17) is 16.0 Å². The molecule has 0 atom stereocenters. The van der Waals surface area contributed by atoms with E-state index in [1.165, 1.54) is 18.4 Å². The summed E-state index contributed by atoms with van der Waals surface area (Å²) in [6, 6.07) is 9.65. The third-order valence-corrected chi connectivity index (χ3v) is 3.84. The van der Waals surface area contributed by atoms with E-state index < -0.39 is 5.82 Å². The van der Waals surface area contributed by atoms with Gasteiger partial charge in [0.2, 0.25) is 5.91 Å². The second-order valence-corrected chi connectivity index (χ2v) is 5.47. The molecule has 3 nitrogen and oxygen atoms in total. The molecule has 3 rings (SSSR count). The van der Waals surface area contributed by atoms with Crippen LogP contribution in [0.25, 0.3) is 11.0 Å². The number of hydrogen-bond donors (Lipinski definition) is 1. The minimum absolute atomic E-state index is 0.0841. The van der Waals surface area contributed by atoms with Crippen molar-refractivity contribution < 1.29 is 13.6 Å². The standard InChI is InChI=1S/C17H13ClFNO2/c1-10-6-16-12(8-13(10)18)11(9-22-16)7-17(21)20-15-5-3-2-4-14(15)19/h2-6,8-9H,7H2,1H3,(H,20,21). The zero-order valence-electron chi connectivity index (χ0n) is 11.8. The van der Waals surface area contributed by atoms with Crippen molar-refractivity contribution >= 4 is 34.2 Å². The second-order valence-electron chi connectivity index (χ2n) is 5.06. The number of nitrogens with one attached hydrogen (secondary N) is 1. The van der Waals surface area contributed by atoms with Gasteiger partial charge in [0.05, 0.1) is 18.4 Å². The van der Waals surface area contributed by atoms with E-state index in [1.807, 2.05) is 13.0 Å². The Morgan fingerprint density at radius 1 is 1.32 bits per heavy atom. The lowest BCUT2D eigenvalue weighted by molar-refractivity contribution is -0.115. The summed E-state index contributed by atoms with van der Waals surface area (Å²) in [5.41, 5.74) is 2.46. The summed E-state index contributed by atoms with van der Waals surface area (Å²) in [5.74, 6) is -0.781. The molecule has 1 aromatic heterocycles. The molecule has 112 valence electrons. The molecule has 0 aliphatic rings. The Bertz CT molecular complexity index is 857. The molecule has 3 aromatic rings. The van der Waals surface area contributed by atoms with Gasteiger partial charge in [-0.3, -0.25) is 4.79 Å². The molecule has 5 heteroatoms. The molecule has 2 aromatic carbocycles. The van der Waals surface area contributed by atoms with Crippen molar-refractivity contribution in [1.29, 1.82) is 0 Å². The highest BCUT2D eigenvalue weighted by molar-refractivity contribution is 6.32. The number of fused-ring (bicyclic) bond motifs is 1. The van der Waals surface area contributed by atoms with Crippen LogP contribution in [0.15, 0.2) is 47.1 Å². The van der Waals surface area contributed by atoms with E-state index in [2.05, 4.69) is 5.32 Å². The van der Waals surface area contributed by atoms with Crippen LogP contribution in [0.2, 0.25) is 5.02 Å². The average molecular weight is 318 g/mol. The maximum absolute atomic E-state index is 13.5. The fourth-order valence-electron chi connectivity index (χ4n) is 2.27. The maximum atomic E-state index is 13.5. The number of aryl methyl sites for hydroxylation is 1. The van der Waals surface area contributed by atoms with Crippen molar-refractivity contribution in [2.45, 2.75) is 13.3 Å². The van der Waals surface area contributed by atoms with Gasteiger partial charge in [-0.05, 0) is 36.8 Å². The average Bonchev–Trinajstić information content (AvgIpc) is 2.84. The van der Waals surface area contributed by atoms with Crippen LogP contribution < -0.4 is 5.32 Å². The lowest BCUT2D eigenvalue weighted by atomic mass is 10.1. The summed E-state index contributed by atoms with van der Waals surface area (Å²) in [7, 11) is 0. The van der Waals surface area contributed by atoms with Crippen LogP contribution in [0, 0.1) is 12.7 Å². The summed E-state index contributed by atoms with van der Waals surface area (Å²) >= 11 is 6.11. The minimum atomic E-state index is -0.466. The smallest absolute Gasteiger partial charge is 0.229 e. The van der Waals surface area contributed by atoms with Crippen molar-refractivity contribution in [2.24, 2.45) is 0 Å². The van der Waals surface area contributed by atoms with Crippen LogP contribution in [-0.4, -0.2) is 5.91 Å². The van der Waals surface area contributed by atoms with E-state index in [0.29, 0.717) is 16.2 Å². The Labute approximate surface area is 131 Å². The molecule has 0 radical (unpaired) electrons. The molecule has 0 fully saturated rings. The number of benzene rings is 2. The summed E-state index contributed by atoms with van der Waals surface area (Å²) in [6.45, 7) is 1.88. The van der Waals surface area contributed by atoms with Crippen molar-refractivity contribution in [2.75, 3.05) is 5.32 Å². The van der Waals surface area contributed by atoms with Crippen LogP contribution in [0.3, 0.4) is 0 Å². The molecule has 0 aliphatic heterocycles. The molecule has 0 bridgehead atoms. The first-order chi connectivity index (χ1) is 10.5. The number of rotatable bonds is 3. The van der Waals surface area contributed by atoms with E-state index in [9.17, 15) is 9.18 Å². The van der Waals surface area contributed by atoms with Crippen LogP contribution in [-0.2, 0) is 11.2 Å². The Kier molecular flexibility index (Phi) is 3.86. The predicted molar refractivity (Wildman–Crippen MR) is 84.7 cm³/mol. The molecule has 22 heavy (non-hydrogen) atoms. The van der Waals surface area contributed by atoms with E-state index in [1.54, 1.807) is 18.2 Å². The third-order valence-electron chi connectivity index (χ3n) is 3.43. The monoisotopic (exact) mass is 317 g/mol. The molecular formula is C17H13ClFNO2. The molecule has 0 aliphatic carbocycles. The van der Waals surface area contributed by atoms with Crippen LogP contribution >= 0.6 is 11.6 Å². The van der Waals surface area contributed by atoms with Crippen LogP contribution in [0.5, 0.6) is 0 Å². The van der Waals surface area contributed by atoms with Gasteiger partial charge in [-0.25, -0.2) is 4.39 Å². The summed E-state index contributed by atoms with van der Waals surface area (Å²) in [5, 5.41) is 3.96. The number of para-hydroxylation sites is 1. The Morgan fingerprint density at radius 3 is 2.86 bits per heavy atom. The second kappa shape index (κ2) is 5.81. The van der Waals surface area contributed by atoms with Gasteiger partial charge in [-0.1, -0.05) is 23.7 Å². The predicted octanol–water partition coefficient (Wildman–Crippen LogP) is 4.71. The minimum Gasteiger partial charge on any atom is -0.464 e. The van der Waals surface area contributed by atoms with Gasteiger partial charge in [0.1, 0.15) is 11.4 Å². The molecule has 0 spiro atoms. The normalized spacial score (nSPS) is 10.9. The Hall–Kier alpha value is -2.33. The van der Waals surface area contributed by atoms with Gasteiger partial charge in [0, 0.05) is 16.0 Å². The number of anilines is 1. The zero-order valence-corrected chi connectivity index (χ0v) is 12.6. The molecule has 1 amide bonds. The van der Waals surface area contributed by atoms with Gasteiger partial charge < -0.3 is 9.73 Å². The van der Waals surface area contributed by atoms with Gasteiger partial charge in [0.25, 0.3) is 0 Å². The largest absolute Gasteiger partial charge is 0.464 e. The van der Waals surface area contributed by atoms with Crippen molar-refractivity contribution in [1.82, 2.24) is 0 Å². The van der Waals surface area contributed by atoms with Gasteiger partial charge >= 0.3 is 0 Å². The molecule has 0 unspecified atom stereocenters. The third kappa shape index (κ3) is 2.83. The highest BCUT2D eigenvalue weighted by atomic mass is 35.5. The molecule has 1 heterocycles. The molecule has 1 N–H and O–H groups in total. The van der Waals surface area contributed by atoms with Gasteiger partial charge in [-0.2, -0.15) is 0 Å². The number of carbonyl (C=O) groups excluding carboxylic acids is 1. The summed E-state index contributed by atoms with van der Waals surface area (Å²) in [4.78, 5) is 12.1. The van der Waals surface area contributed by atoms with Gasteiger partial charge in [0.15, 0.2) is 0 Å². The van der Waals surface area contributed by atoms with Crippen molar-refractivity contribution in [3.63, 3.8) is 0 Å². The first-order valence-corrected chi connectivity index (χ1v) is 7.13. The first kappa shape index (κ1) is 14.6. The molecule has 0 saturated carbocycles. The lowest BCUT2D eigenvalue weighted by Gasteiger charge is -2.05. The Balaban J connectivity index is 1.83. The summed E-state index contributed by atoms with van der Waals surface area (Å²) in [6.07, 6.45) is 1.61. The fourth-order valence-corrected chi connectivity index (χ4v) is 2.43. The highest BCUT2D eigenvalue weighted by Gasteiger charge is 2.13. The fraction of sp³-hybridized carbons (Fsp3) is 0.118. The lowest BCUT2D eigenvalue weighted by Crippen LogP contribution is -2.15. The highest BCUT2D eigenvalue weighted by Crippen LogP contribution is 2.28. The zero-order chi connectivity index (χ0) is 15.7. The molecule has 0 saturated heterocycles. The SMILES string of the molecule is Cc1cc2occ(CC(=O)Nc3ccccc3F)c2cc1Cl. The van der Waals surface area contributed by atoms with Crippen LogP contribution in [0.1, 0.15) is 11.1 Å². The number of carbonyl (C=O) groups is 1. The number of furan rings is 1. The van der Waals surface area contributed by atoms with Crippen LogP contribution in [0.4, 0.5) is 10.1 Å². The van der Waals surface area contributed by atoms with E-state index >= 15 is 0 Å². The number of hydrogen-bond acceptors (Lipinski definition) is 2. The summed E-state index contributed by atoms with van der Waals surface area (Å²) < 4.78 is 19.0. The first-order valence-electron chi connectivity index (χ1n) is 6.75. The topological polar surface area (TPSA) is 42.2 Å².